The van der Waals surface area contributed by atoms with E-state index >= 15 is 0 Å². The molecule has 0 aliphatic rings. The van der Waals surface area contributed by atoms with E-state index in [9.17, 15) is 4.79 Å². The van der Waals surface area contributed by atoms with Gasteiger partial charge in [-0.3, -0.25) is 4.79 Å². The van der Waals surface area contributed by atoms with Gasteiger partial charge in [-0.05, 0) is 46.6 Å². The molecule has 0 saturated heterocycles. The highest BCUT2D eigenvalue weighted by molar-refractivity contribution is 5.66. The Labute approximate surface area is 79.9 Å². The highest BCUT2D eigenvalue weighted by Gasteiger charge is 1.95. The third-order valence-electron chi connectivity index (χ3n) is 1.70. The molecule has 2 N–H and O–H groups in total. The van der Waals surface area contributed by atoms with Gasteiger partial charge in [-0.2, -0.15) is 0 Å². The summed E-state index contributed by atoms with van der Waals surface area (Å²) < 4.78 is 0. The SMILES string of the molecule is CN(C)CCCNCCCC(=O)O. The third-order valence-corrected chi connectivity index (χ3v) is 1.70. The molecule has 0 aliphatic heterocycles. The number of carboxylic acid groups (broad SMARTS) is 1. The molecular formula is C9H20N2O2. The summed E-state index contributed by atoms with van der Waals surface area (Å²) in [6.07, 6.45) is 2.10. The Morgan fingerprint density at radius 2 is 1.92 bits per heavy atom. The maximum Gasteiger partial charge on any atom is 0.303 e. The van der Waals surface area contributed by atoms with E-state index in [2.05, 4.69) is 10.2 Å². The molecule has 0 unspecified atom stereocenters. The van der Waals surface area contributed by atoms with Gasteiger partial charge in [0.1, 0.15) is 0 Å². The first kappa shape index (κ1) is 12.4. The van der Waals surface area contributed by atoms with Crippen LogP contribution in [0.1, 0.15) is 19.3 Å². The zero-order valence-electron chi connectivity index (χ0n) is 8.55. The molecule has 0 amide bonds. The molecule has 0 aliphatic carbocycles. The van der Waals surface area contributed by atoms with E-state index in [0.29, 0.717) is 0 Å². The zero-order valence-corrected chi connectivity index (χ0v) is 8.55. The molecule has 0 rings (SSSR count). The van der Waals surface area contributed by atoms with Crippen molar-refractivity contribution in [1.82, 2.24) is 10.2 Å². The van der Waals surface area contributed by atoms with Gasteiger partial charge in [0.25, 0.3) is 0 Å². The molecule has 4 nitrogen and oxygen atoms in total. The number of carboxylic acids is 1. The topological polar surface area (TPSA) is 52.6 Å². The average molecular weight is 188 g/mol. The lowest BCUT2D eigenvalue weighted by Crippen LogP contribution is -2.22. The number of hydrogen-bond donors (Lipinski definition) is 2. The maximum absolute atomic E-state index is 10.1. The van der Waals surface area contributed by atoms with E-state index in [0.717, 1.165) is 32.5 Å². The fraction of sp³-hybridized carbons (Fsp3) is 0.889. The largest absolute Gasteiger partial charge is 0.481 e. The molecule has 0 aromatic heterocycles. The second-order valence-electron chi connectivity index (χ2n) is 3.40. The standard InChI is InChI=1S/C9H20N2O2/c1-11(2)8-4-7-10-6-3-5-9(12)13/h10H,3-8H2,1-2H3,(H,12,13). The van der Waals surface area contributed by atoms with Crippen LogP contribution in [-0.4, -0.2) is 49.7 Å². The van der Waals surface area contributed by atoms with Crippen LogP contribution in [0.25, 0.3) is 0 Å². The Morgan fingerprint density at radius 3 is 2.46 bits per heavy atom. The maximum atomic E-state index is 10.1. The van der Waals surface area contributed by atoms with Crippen molar-refractivity contribution in [2.24, 2.45) is 0 Å². The van der Waals surface area contributed by atoms with Gasteiger partial charge in [0.15, 0.2) is 0 Å². The molecule has 0 atom stereocenters. The summed E-state index contributed by atoms with van der Waals surface area (Å²) in [6.45, 7) is 2.85. The van der Waals surface area contributed by atoms with Crippen LogP contribution < -0.4 is 5.32 Å². The first-order chi connectivity index (χ1) is 6.13. The minimum absolute atomic E-state index is 0.265. The van der Waals surface area contributed by atoms with Crippen LogP contribution in [0.5, 0.6) is 0 Å². The van der Waals surface area contributed by atoms with Crippen molar-refractivity contribution in [1.29, 1.82) is 0 Å². The lowest BCUT2D eigenvalue weighted by Gasteiger charge is -2.09. The van der Waals surface area contributed by atoms with Gasteiger partial charge < -0.3 is 15.3 Å². The molecule has 4 heteroatoms. The average Bonchev–Trinajstić information content (AvgIpc) is 2.01. The Kier molecular flexibility index (Phi) is 7.63. The molecule has 0 heterocycles. The van der Waals surface area contributed by atoms with Crippen molar-refractivity contribution in [3.63, 3.8) is 0 Å². The van der Waals surface area contributed by atoms with Crippen LogP contribution in [0.15, 0.2) is 0 Å². The van der Waals surface area contributed by atoms with E-state index in [1.54, 1.807) is 0 Å². The normalized spacial score (nSPS) is 10.7. The van der Waals surface area contributed by atoms with E-state index in [1.807, 2.05) is 14.1 Å². The predicted octanol–water partition coefficient (Wildman–Crippen LogP) is 0.393. The van der Waals surface area contributed by atoms with Gasteiger partial charge in [0.05, 0.1) is 0 Å². The van der Waals surface area contributed by atoms with Crippen molar-refractivity contribution in [3.8, 4) is 0 Å². The summed E-state index contributed by atoms with van der Waals surface area (Å²) in [7, 11) is 4.09. The molecule has 0 aromatic carbocycles. The predicted molar refractivity (Wildman–Crippen MR) is 52.9 cm³/mol. The molecule has 0 saturated carbocycles. The number of aliphatic carboxylic acids is 1. The van der Waals surface area contributed by atoms with E-state index in [-0.39, 0.29) is 6.42 Å². The van der Waals surface area contributed by atoms with E-state index < -0.39 is 5.97 Å². The van der Waals surface area contributed by atoms with Gasteiger partial charge in [-0.1, -0.05) is 0 Å². The fourth-order valence-electron chi connectivity index (χ4n) is 1.01. The summed E-state index contributed by atoms with van der Waals surface area (Å²) in [4.78, 5) is 12.3. The number of carbonyl (C=O) groups is 1. The van der Waals surface area contributed by atoms with E-state index in [1.165, 1.54) is 0 Å². The Hall–Kier alpha value is -0.610. The molecule has 78 valence electrons. The van der Waals surface area contributed by atoms with Crippen molar-refractivity contribution in [3.05, 3.63) is 0 Å². The Morgan fingerprint density at radius 1 is 1.31 bits per heavy atom. The van der Waals surface area contributed by atoms with Gasteiger partial charge in [-0.25, -0.2) is 0 Å². The van der Waals surface area contributed by atoms with Crippen LogP contribution in [-0.2, 0) is 4.79 Å². The van der Waals surface area contributed by atoms with Gasteiger partial charge in [-0.15, -0.1) is 0 Å². The van der Waals surface area contributed by atoms with Crippen molar-refractivity contribution in [2.75, 3.05) is 33.7 Å². The van der Waals surface area contributed by atoms with E-state index in [4.69, 9.17) is 5.11 Å². The minimum atomic E-state index is -0.713. The first-order valence-corrected chi connectivity index (χ1v) is 4.70. The highest BCUT2D eigenvalue weighted by atomic mass is 16.4. The van der Waals surface area contributed by atoms with Crippen LogP contribution in [0.2, 0.25) is 0 Å². The summed E-state index contributed by atoms with van der Waals surface area (Å²) in [5, 5.41) is 11.6. The smallest absolute Gasteiger partial charge is 0.303 e. The monoisotopic (exact) mass is 188 g/mol. The van der Waals surface area contributed by atoms with Gasteiger partial charge >= 0.3 is 5.97 Å². The van der Waals surface area contributed by atoms with Gasteiger partial charge in [0, 0.05) is 6.42 Å². The van der Waals surface area contributed by atoms with Crippen LogP contribution >= 0.6 is 0 Å². The van der Waals surface area contributed by atoms with Crippen molar-refractivity contribution >= 4 is 5.97 Å². The molecule has 0 bridgehead atoms. The number of hydrogen-bond acceptors (Lipinski definition) is 3. The Balaban J connectivity index is 2.96. The summed E-state index contributed by atoms with van der Waals surface area (Å²) >= 11 is 0. The molecule has 13 heavy (non-hydrogen) atoms. The highest BCUT2D eigenvalue weighted by Crippen LogP contribution is 1.86. The molecule has 0 radical (unpaired) electrons. The number of nitrogens with zero attached hydrogens (tertiary/aromatic N) is 1. The molecule has 0 fully saturated rings. The van der Waals surface area contributed by atoms with Gasteiger partial charge in [0.2, 0.25) is 0 Å². The Bertz CT molecular complexity index is 138. The number of nitrogens with one attached hydrogen (secondary N) is 1. The molecule has 0 spiro atoms. The first-order valence-electron chi connectivity index (χ1n) is 4.70. The zero-order chi connectivity index (χ0) is 10.1. The third kappa shape index (κ3) is 11.4. The van der Waals surface area contributed by atoms with Crippen molar-refractivity contribution in [2.45, 2.75) is 19.3 Å². The minimum Gasteiger partial charge on any atom is -0.481 e. The quantitative estimate of drug-likeness (QED) is 0.541. The molecule has 0 aromatic rings. The summed E-state index contributed by atoms with van der Waals surface area (Å²) in [5.74, 6) is -0.713. The number of rotatable bonds is 8. The second-order valence-corrected chi connectivity index (χ2v) is 3.40. The second kappa shape index (κ2) is 8.01. The van der Waals surface area contributed by atoms with Crippen LogP contribution in [0.3, 0.4) is 0 Å². The van der Waals surface area contributed by atoms with Crippen LogP contribution in [0.4, 0.5) is 0 Å². The van der Waals surface area contributed by atoms with Crippen LogP contribution in [0, 0.1) is 0 Å². The molecular weight excluding hydrogens is 168 g/mol. The fourth-order valence-corrected chi connectivity index (χ4v) is 1.01. The lowest BCUT2D eigenvalue weighted by molar-refractivity contribution is -0.137. The lowest BCUT2D eigenvalue weighted by atomic mass is 10.3. The van der Waals surface area contributed by atoms with Crippen molar-refractivity contribution < 1.29 is 9.90 Å². The summed E-state index contributed by atoms with van der Waals surface area (Å²) in [6, 6.07) is 0. The summed E-state index contributed by atoms with van der Waals surface area (Å²) in [5.41, 5.74) is 0.